The summed E-state index contributed by atoms with van der Waals surface area (Å²) in [5, 5.41) is 0. The second-order valence-electron chi connectivity index (χ2n) is 3.71. The lowest BCUT2D eigenvalue weighted by Crippen LogP contribution is -2.02. The van der Waals surface area contributed by atoms with Gasteiger partial charge in [0, 0.05) is 12.0 Å². The molecular weight excluding hydrogens is 232 g/mol. The van der Waals surface area contributed by atoms with E-state index in [0.717, 1.165) is 12.0 Å². The Kier molecular flexibility index (Phi) is 4.02. The molecule has 0 aliphatic carbocycles. The smallest absolute Gasteiger partial charge is 0.161 e. The van der Waals surface area contributed by atoms with Crippen molar-refractivity contribution in [3.63, 3.8) is 0 Å². The van der Waals surface area contributed by atoms with Gasteiger partial charge >= 0.3 is 0 Å². The van der Waals surface area contributed by atoms with Crippen molar-refractivity contribution < 1.29 is 18.7 Å². The van der Waals surface area contributed by atoms with Crippen molar-refractivity contribution in [3.8, 4) is 11.5 Å². The Balaban J connectivity index is 2.00. The van der Waals surface area contributed by atoms with Crippen LogP contribution in [-0.4, -0.2) is 20.0 Å². The minimum absolute atomic E-state index is 0.464. The molecule has 0 bridgehead atoms. The fraction of sp³-hybridized carbons (Fsp3) is 0.214. The molecule has 0 atom stereocenters. The first-order valence-electron chi connectivity index (χ1n) is 5.62. The van der Waals surface area contributed by atoms with Crippen molar-refractivity contribution in [2.75, 3.05) is 13.7 Å². The minimum Gasteiger partial charge on any atom is -0.493 e. The summed E-state index contributed by atoms with van der Waals surface area (Å²) in [5.74, 6) is 2.04. The molecule has 18 heavy (non-hydrogen) atoms. The number of furan rings is 1. The van der Waals surface area contributed by atoms with Crippen LogP contribution in [0.3, 0.4) is 0 Å². The van der Waals surface area contributed by atoms with Crippen LogP contribution in [0.5, 0.6) is 11.5 Å². The lowest BCUT2D eigenvalue weighted by molar-refractivity contribution is 0.112. The summed E-state index contributed by atoms with van der Waals surface area (Å²) in [5.41, 5.74) is 0.559. The number of rotatable bonds is 6. The number of methoxy groups -OCH3 is 1. The van der Waals surface area contributed by atoms with E-state index in [0.29, 0.717) is 30.1 Å². The zero-order valence-corrected chi connectivity index (χ0v) is 10.1. The molecule has 0 spiro atoms. The summed E-state index contributed by atoms with van der Waals surface area (Å²) >= 11 is 0. The van der Waals surface area contributed by atoms with Crippen LogP contribution in [0.15, 0.2) is 41.0 Å². The largest absolute Gasteiger partial charge is 0.493 e. The Morgan fingerprint density at radius 1 is 1.28 bits per heavy atom. The molecule has 0 saturated carbocycles. The third-order valence-corrected chi connectivity index (χ3v) is 2.51. The fourth-order valence-corrected chi connectivity index (χ4v) is 1.60. The molecule has 4 nitrogen and oxygen atoms in total. The lowest BCUT2D eigenvalue weighted by atomic mass is 10.2. The molecule has 0 N–H and O–H groups in total. The highest BCUT2D eigenvalue weighted by atomic mass is 16.5. The summed E-state index contributed by atoms with van der Waals surface area (Å²) in [6, 6.07) is 8.79. The molecule has 1 aromatic carbocycles. The maximum Gasteiger partial charge on any atom is 0.161 e. The van der Waals surface area contributed by atoms with E-state index in [4.69, 9.17) is 13.9 Å². The highest BCUT2D eigenvalue weighted by Crippen LogP contribution is 2.27. The van der Waals surface area contributed by atoms with Crippen LogP contribution in [0, 0.1) is 0 Å². The summed E-state index contributed by atoms with van der Waals surface area (Å²) in [6.45, 7) is 0.464. The van der Waals surface area contributed by atoms with E-state index in [1.807, 2.05) is 12.1 Å². The van der Waals surface area contributed by atoms with Gasteiger partial charge in [-0.2, -0.15) is 0 Å². The van der Waals surface area contributed by atoms with E-state index >= 15 is 0 Å². The Bertz CT molecular complexity index is 503. The third kappa shape index (κ3) is 2.91. The molecule has 0 radical (unpaired) electrons. The van der Waals surface area contributed by atoms with Crippen LogP contribution in [0.1, 0.15) is 16.1 Å². The molecule has 2 rings (SSSR count). The normalized spacial score (nSPS) is 10.1. The Labute approximate surface area is 105 Å². The van der Waals surface area contributed by atoms with E-state index in [1.54, 1.807) is 31.6 Å². The maximum atomic E-state index is 10.7. The quantitative estimate of drug-likeness (QED) is 0.735. The van der Waals surface area contributed by atoms with Gasteiger partial charge in [0.25, 0.3) is 0 Å². The van der Waals surface area contributed by atoms with Crippen molar-refractivity contribution in [1.82, 2.24) is 0 Å². The van der Waals surface area contributed by atoms with E-state index in [1.165, 1.54) is 0 Å². The Hall–Kier alpha value is -2.23. The number of hydrogen-bond donors (Lipinski definition) is 0. The molecule has 94 valence electrons. The average molecular weight is 246 g/mol. The number of carbonyl (C=O) groups is 1. The Morgan fingerprint density at radius 3 is 2.83 bits per heavy atom. The van der Waals surface area contributed by atoms with Gasteiger partial charge in [0.05, 0.1) is 20.0 Å². The molecule has 0 aliphatic rings. The van der Waals surface area contributed by atoms with Gasteiger partial charge in [-0.3, -0.25) is 4.79 Å². The van der Waals surface area contributed by atoms with Crippen molar-refractivity contribution in [1.29, 1.82) is 0 Å². The van der Waals surface area contributed by atoms with E-state index in [2.05, 4.69) is 0 Å². The monoisotopic (exact) mass is 246 g/mol. The number of ether oxygens (including phenoxy) is 2. The number of benzene rings is 1. The van der Waals surface area contributed by atoms with Crippen molar-refractivity contribution in [2.24, 2.45) is 0 Å². The molecule has 2 aromatic rings. The molecule has 0 amide bonds. The molecule has 0 aliphatic heterocycles. The highest BCUT2D eigenvalue weighted by molar-refractivity contribution is 5.76. The summed E-state index contributed by atoms with van der Waals surface area (Å²) in [6.07, 6.45) is 3.07. The van der Waals surface area contributed by atoms with E-state index in [-0.39, 0.29) is 0 Å². The second-order valence-corrected chi connectivity index (χ2v) is 3.71. The maximum absolute atomic E-state index is 10.7. The SMILES string of the molecule is COc1ccc(C=O)cc1OCCc1ccco1. The predicted molar refractivity (Wildman–Crippen MR) is 66.3 cm³/mol. The van der Waals surface area contributed by atoms with Crippen molar-refractivity contribution in [3.05, 3.63) is 47.9 Å². The molecule has 0 unspecified atom stereocenters. The van der Waals surface area contributed by atoms with E-state index < -0.39 is 0 Å². The third-order valence-electron chi connectivity index (χ3n) is 2.51. The van der Waals surface area contributed by atoms with Gasteiger partial charge in [-0.05, 0) is 30.3 Å². The van der Waals surface area contributed by atoms with Gasteiger partial charge in [-0.1, -0.05) is 0 Å². The van der Waals surface area contributed by atoms with Gasteiger partial charge in [-0.25, -0.2) is 0 Å². The van der Waals surface area contributed by atoms with Crippen molar-refractivity contribution in [2.45, 2.75) is 6.42 Å². The van der Waals surface area contributed by atoms with Crippen LogP contribution in [0.2, 0.25) is 0 Å². The molecule has 1 heterocycles. The van der Waals surface area contributed by atoms with Crippen LogP contribution < -0.4 is 9.47 Å². The minimum atomic E-state index is 0.464. The molecule has 1 aromatic heterocycles. The zero-order chi connectivity index (χ0) is 12.8. The van der Waals surface area contributed by atoms with Crippen LogP contribution in [-0.2, 0) is 6.42 Å². The van der Waals surface area contributed by atoms with Gasteiger partial charge in [-0.15, -0.1) is 0 Å². The second kappa shape index (κ2) is 5.91. The predicted octanol–water partition coefficient (Wildman–Crippen LogP) is 2.72. The molecule has 4 heteroatoms. The zero-order valence-electron chi connectivity index (χ0n) is 10.1. The van der Waals surface area contributed by atoms with Crippen LogP contribution in [0.25, 0.3) is 0 Å². The first-order chi connectivity index (χ1) is 8.83. The van der Waals surface area contributed by atoms with Gasteiger partial charge in [0.15, 0.2) is 11.5 Å². The molecular formula is C14H14O4. The van der Waals surface area contributed by atoms with E-state index in [9.17, 15) is 4.79 Å². The summed E-state index contributed by atoms with van der Waals surface area (Å²) in [4.78, 5) is 10.7. The first-order valence-corrected chi connectivity index (χ1v) is 5.62. The summed E-state index contributed by atoms with van der Waals surface area (Å²) < 4.78 is 16.0. The highest BCUT2D eigenvalue weighted by Gasteiger charge is 2.06. The van der Waals surface area contributed by atoms with Gasteiger partial charge in [0.2, 0.25) is 0 Å². The number of carbonyl (C=O) groups excluding carboxylic acids is 1. The van der Waals surface area contributed by atoms with Gasteiger partial charge < -0.3 is 13.9 Å². The standard InChI is InChI=1S/C14H14O4/c1-16-13-5-4-11(10-15)9-14(13)18-8-6-12-3-2-7-17-12/h2-5,7,9-10H,6,8H2,1H3. The fourth-order valence-electron chi connectivity index (χ4n) is 1.60. The van der Waals surface area contributed by atoms with Gasteiger partial charge in [0.1, 0.15) is 12.0 Å². The average Bonchev–Trinajstić information content (AvgIpc) is 2.92. The number of hydrogen-bond acceptors (Lipinski definition) is 4. The molecule has 0 saturated heterocycles. The first kappa shape index (κ1) is 12.2. The van der Waals surface area contributed by atoms with Crippen LogP contribution in [0.4, 0.5) is 0 Å². The topological polar surface area (TPSA) is 48.7 Å². The number of aldehydes is 1. The van der Waals surface area contributed by atoms with Crippen molar-refractivity contribution >= 4 is 6.29 Å². The van der Waals surface area contributed by atoms with Crippen LogP contribution >= 0.6 is 0 Å². The lowest BCUT2D eigenvalue weighted by Gasteiger charge is -2.10. The Morgan fingerprint density at radius 2 is 2.17 bits per heavy atom. The summed E-state index contributed by atoms with van der Waals surface area (Å²) in [7, 11) is 1.56. The molecule has 0 fully saturated rings.